The van der Waals surface area contributed by atoms with Crippen molar-refractivity contribution in [3.8, 4) is 5.75 Å². The van der Waals surface area contributed by atoms with Crippen molar-refractivity contribution in [1.82, 2.24) is 4.90 Å². The van der Waals surface area contributed by atoms with Gasteiger partial charge in [-0.15, -0.1) is 0 Å². The van der Waals surface area contributed by atoms with E-state index in [1.807, 2.05) is 4.90 Å². The van der Waals surface area contributed by atoms with Gasteiger partial charge in [0, 0.05) is 5.56 Å². The third kappa shape index (κ3) is 3.36. The number of Topliss-reactive ketones (excluding diaryl/α,β-unsaturated/α-hetero) is 1. The molecule has 1 aliphatic rings. The van der Waals surface area contributed by atoms with Crippen molar-refractivity contribution in [1.29, 1.82) is 0 Å². The molecule has 108 valence electrons. The summed E-state index contributed by atoms with van der Waals surface area (Å²) in [5.74, 6) is 0.293. The average Bonchev–Trinajstić information content (AvgIpc) is 2.47. The van der Waals surface area contributed by atoms with Crippen LogP contribution < -0.4 is 10.5 Å². The molecule has 20 heavy (non-hydrogen) atoms. The fourth-order valence-corrected chi connectivity index (χ4v) is 2.57. The molecule has 0 aliphatic carbocycles. The highest BCUT2D eigenvalue weighted by molar-refractivity contribution is 5.98. The number of hydrogen-bond donors (Lipinski definition) is 1. The molecule has 1 saturated heterocycles. The normalized spacial score (nSPS) is 19.6. The summed E-state index contributed by atoms with van der Waals surface area (Å²) >= 11 is 0. The van der Waals surface area contributed by atoms with Crippen LogP contribution in [0.15, 0.2) is 24.3 Å². The van der Waals surface area contributed by atoms with E-state index in [2.05, 4.69) is 0 Å². The number of nitrogens with zero attached hydrogens (tertiary/aromatic N) is 1. The number of methoxy groups -OCH3 is 1. The van der Waals surface area contributed by atoms with Gasteiger partial charge in [-0.05, 0) is 31.5 Å². The van der Waals surface area contributed by atoms with Crippen LogP contribution in [0.4, 0.5) is 0 Å². The lowest BCUT2D eigenvalue weighted by Crippen LogP contribution is -2.49. The molecule has 1 aromatic rings. The van der Waals surface area contributed by atoms with Crippen molar-refractivity contribution in [3.05, 3.63) is 29.8 Å². The molecule has 1 aromatic carbocycles. The van der Waals surface area contributed by atoms with E-state index >= 15 is 0 Å². The molecule has 2 N–H and O–H groups in total. The predicted octanol–water partition coefficient (Wildman–Crippen LogP) is 1.22. The second-order valence-corrected chi connectivity index (χ2v) is 5.04. The molecule has 0 spiro atoms. The molecule has 1 aliphatic heterocycles. The molecular formula is C15H20N2O3. The Morgan fingerprint density at radius 2 is 2.20 bits per heavy atom. The minimum atomic E-state index is -0.344. The fourth-order valence-electron chi connectivity index (χ4n) is 2.57. The highest BCUT2D eigenvalue weighted by atomic mass is 16.5. The maximum absolute atomic E-state index is 12.3. The van der Waals surface area contributed by atoms with Crippen LogP contribution in [0.3, 0.4) is 0 Å². The summed E-state index contributed by atoms with van der Waals surface area (Å²) in [5.41, 5.74) is 6.00. The van der Waals surface area contributed by atoms with E-state index in [0.29, 0.717) is 11.3 Å². The van der Waals surface area contributed by atoms with Gasteiger partial charge in [0.15, 0.2) is 5.78 Å². The van der Waals surface area contributed by atoms with Crippen LogP contribution in [-0.2, 0) is 4.79 Å². The Bertz CT molecular complexity index is 502. The molecule has 1 atom stereocenters. The molecule has 0 saturated carbocycles. The summed E-state index contributed by atoms with van der Waals surface area (Å²) in [5, 5.41) is 0. The number of benzene rings is 1. The van der Waals surface area contributed by atoms with E-state index in [-0.39, 0.29) is 24.3 Å². The fraction of sp³-hybridized carbons (Fsp3) is 0.467. The minimum absolute atomic E-state index is 0.0166. The number of hydrogen-bond acceptors (Lipinski definition) is 4. The predicted molar refractivity (Wildman–Crippen MR) is 75.7 cm³/mol. The zero-order chi connectivity index (χ0) is 14.5. The molecule has 0 bridgehead atoms. The molecule has 0 aromatic heterocycles. The minimum Gasteiger partial charge on any atom is -0.497 e. The van der Waals surface area contributed by atoms with Crippen LogP contribution in [0.1, 0.15) is 29.6 Å². The number of rotatable bonds is 5. The van der Waals surface area contributed by atoms with Crippen LogP contribution in [0.5, 0.6) is 5.75 Å². The Balaban J connectivity index is 2.07. The SMILES string of the molecule is COc1cccc(C(=O)CN2CCCCC2C(N)=O)c1. The molecular weight excluding hydrogens is 256 g/mol. The standard InChI is InChI=1S/C15H20N2O3/c1-20-12-6-4-5-11(9-12)14(18)10-17-8-3-2-7-13(17)15(16)19/h4-6,9,13H,2-3,7-8,10H2,1H3,(H2,16,19). The van der Waals surface area contributed by atoms with Gasteiger partial charge in [-0.3, -0.25) is 14.5 Å². The second kappa shape index (κ2) is 6.52. The van der Waals surface area contributed by atoms with Gasteiger partial charge in [0.05, 0.1) is 19.7 Å². The van der Waals surface area contributed by atoms with Gasteiger partial charge in [-0.25, -0.2) is 0 Å². The first-order valence-electron chi connectivity index (χ1n) is 6.82. The van der Waals surface area contributed by atoms with E-state index in [9.17, 15) is 9.59 Å². The van der Waals surface area contributed by atoms with Crippen molar-refractivity contribution in [2.24, 2.45) is 5.73 Å². The lowest BCUT2D eigenvalue weighted by Gasteiger charge is -2.32. The Labute approximate surface area is 118 Å². The van der Waals surface area contributed by atoms with Gasteiger partial charge in [0.1, 0.15) is 5.75 Å². The van der Waals surface area contributed by atoms with Crippen LogP contribution in [-0.4, -0.2) is 42.8 Å². The first-order chi connectivity index (χ1) is 9.61. The topological polar surface area (TPSA) is 72.6 Å². The molecule has 1 unspecified atom stereocenters. The number of likely N-dealkylation sites (tertiary alicyclic amines) is 1. The lowest BCUT2D eigenvalue weighted by atomic mass is 10.0. The molecule has 1 fully saturated rings. The largest absolute Gasteiger partial charge is 0.497 e. The van der Waals surface area contributed by atoms with Gasteiger partial charge in [-0.2, -0.15) is 0 Å². The van der Waals surface area contributed by atoms with Crippen LogP contribution in [0, 0.1) is 0 Å². The highest BCUT2D eigenvalue weighted by Gasteiger charge is 2.28. The Morgan fingerprint density at radius 1 is 1.40 bits per heavy atom. The zero-order valence-electron chi connectivity index (χ0n) is 11.7. The van der Waals surface area contributed by atoms with Crippen LogP contribution in [0.2, 0.25) is 0 Å². The number of carbonyl (C=O) groups excluding carboxylic acids is 2. The zero-order valence-corrected chi connectivity index (χ0v) is 11.7. The first kappa shape index (κ1) is 14.5. The average molecular weight is 276 g/mol. The summed E-state index contributed by atoms with van der Waals surface area (Å²) in [7, 11) is 1.57. The lowest BCUT2D eigenvalue weighted by molar-refractivity contribution is -0.124. The van der Waals surface area contributed by atoms with Gasteiger partial charge in [0.2, 0.25) is 5.91 Å². The molecule has 5 nitrogen and oxygen atoms in total. The van der Waals surface area contributed by atoms with E-state index in [1.165, 1.54) is 0 Å². The van der Waals surface area contributed by atoms with Crippen molar-refractivity contribution >= 4 is 11.7 Å². The van der Waals surface area contributed by atoms with Crippen molar-refractivity contribution < 1.29 is 14.3 Å². The van der Waals surface area contributed by atoms with E-state index in [1.54, 1.807) is 31.4 Å². The molecule has 0 radical (unpaired) electrons. The van der Waals surface area contributed by atoms with Gasteiger partial charge >= 0.3 is 0 Å². The van der Waals surface area contributed by atoms with Gasteiger partial charge in [-0.1, -0.05) is 18.6 Å². The number of ketones is 1. The highest BCUT2D eigenvalue weighted by Crippen LogP contribution is 2.18. The third-order valence-electron chi connectivity index (χ3n) is 3.68. The number of amides is 1. The summed E-state index contributed by atoms with van der Waals surface area (Å²) in [6.45, 7) is 0.962. The van der Waals surface area contributed by atoms with Gasteiger partial charge < -0.3 is 10.5 Å². The number of piperidine rings is 1. The Morgan fingerprint density at radius 3 is 2.90 bits per heavy atom. The molecule has 1 heterocycles. The van der Waals surface area contributed by atoms with E-state index in [0.717, 1.165) is 25.8 Å². The molecule has 1 amide bonds. The number of nitrogens with two attached hydrogens (primary N) is 1. The smallest absolute Gasteiger partial charge is 0.234 e. The maximum Gasteiger partial charge on any atom is 0.234 e. The summed E-state index contributed by atoms with van der Waals surface area (Å²) in [6.07, 6.45) is 2.72. The van der Waals surface area contributed by atoms with Crippen LogP contribution >= 0.6 is 0 Å². The van der Waals surface area contributed by atoms with E-state index in [4.69, 9.17) is 10.5 Å². The second-order valence-electron chi connectivity index (χ2n) is 5.04. The van der Waals surface area contributed by atoms with Crippen molar-refractivity contribution in [2.45, 2.75) is 25.3 Å². The van der Waals surface area contributed by atoms with E-state index < -0.39 is 0 Å². The Kier molecular flexibility index (Phi) is 4.74. The number of carbonyl (C=O) groups is 2. The summed E-state index contributed by atoms with van der Waals surface area (Å²) < 4.78 is 5.11. The van der Waals surface area contributed by atoms with Crippen molar-refractivity contribution in [2.75, 3.05) is 20.2 Å². The van der Waals surface area contributed by atoms with Crippen molar-refractivity contribution in [3.63, 3.8) is 0 Å². The maximum atomic E-state index is 12.3. The van der Waals surface area contributed by atoms with Gasteiger partial charge in [0.25, 0.3) is 0 Å². The number of primary amides is 1. The quantitative estimate of drug-likeness (QED) is 0.821. The van der Waals surface area contributed by atoms with Crippen LogP contribution in [0.25, 0.3) is 0 Å². The number of ether oxygens (including phenoxy) is 1. The molecule has 5 heteroatoms. The summed E-state index contributed by atoms with van der Waals surface area (Å²) in [4.78, 5) is 25.6. The third-order valence-corrected chi connectivity index (χ3v) is 3.68. The first-order valence-corrected chi connectivity index (χ1v) is 6.82. The summed E-state index contributed by atoms with van der Waals surface area (Å²) in [6, 6.07) is 6.73. The monoisotopic (exact) mass is 276 g/mol. The Hall–Kier alpha value is -1.88. The molecule has 2 rings (SSSR count).